The second kappa shape index (κ2) is 53.8. The number of quaternary nitrogens is 1. The molecule has 0 spiro atoms. The summed E-state index contributed by atoms with van der Waals surface area (Å²) in [5.41, 5.74) is 0. The molecule has 0 fully saturated rings. The maximum atomic E-state index is 13.0. The first-order valence-electron chi connectivity index (χ1n) is 31.2. The highest BCUT2D eigenvalue weighted by molar-refractivity contribution is 7.45. The molecule has 0 rings (SSSR count). The summed E-state index contributed by atoms with van der Waals surface area (Å²) >= 11 is 0. The highest BCUT2D eigenvalue weighted by atomic mass is 31.2. The number of carbonyl (C=O) groups excluding carboxylic acids is 1. The maximum absolute atomic E-state index is 13.0. The van der Waals surface area contributed by atoms with E-state index in [4.69, 9.17) is 9.05 Å². The molecule has 0 radical (unpaired) electrons. The molecule has 0 aliphatic rings. The number of hydrogen-bond acceptors (Lipinski definition) is 6. The quantitative estimate of drug-likeness (QED) is 0.0272. The van der Waals surface area contributed by atoms with Crippen LogP contribution in [0, 0.1) is 0 Å². The number of carbonyl (C=O) groups is 1. The van der Waals surface area contributed by atoms with Crippen molar-refractivity contribution in [1.29, 1.82) is 0 Å². The van der Waals surface area contributed by atoms with Gasteiger partial charge in [-0.25, -0.2) is 0 Å². The van der Waals surface area contributed by atoms with Gasteiger partial charge in [0.25, 0.3) is 7.82 Å². The molecule has 0 aliphatic heterocycles. The van der Waals surface area contributed by atoms with Crippen molar-refractivity contribution in [2.24, 2.45) is 0 Å². The highest BCUT2D eigenvalue weighted by Crippen LogP contribution is 2.38. The number of phosphoric ester groups is 1. The van der Waals surface area contributed by atoms with Gasteiger partial charge < -0.3 is 28.8 Å². The van der Waals surface area contributed by atoms with Gasteiger partial charge in [0.1, 0.15) is 13.2 Å². The summed E-state index contributed by atoms with van der Waals surface area (Å²) in [5.74, 6) is -0.164. The van der Waals surface area contributed by atoms with Crippen LogP contribution in [0.15, 0.2) is 24.3 Å². The van der Waals surface area contributed by atoms with Crippen LogP contribution < -0.4 is 10.2 Å². The SMILES string of the molecule is CCCCCCC/C=C\C/C=C\CCCCCCCCCCCC(=O)NC(COP(=O)([O-])OCC[N+](C)(C)C)C(O)CCCCCCCCCCCCCCCCCCCCCCCCCCCCCC. The monoisotopic (exact) mass is 1020 g/mol. The Morgan fingerprint density at radius 2 is 0.817 bits per heavy atom. The van der Waals surface area contributed by atoms with E-state index in [2.05, 4.69) is 43.5 Å². The molecule has 0 saturated carbocycles. The fourth-order valence-corrected chi connectivity index (χ4v) is 10.3. The van der Waals surface area contributed by atoms with Gasteiger partial charge in [-0.15, -0.1) is 0 Å². The molecule has 1 amide bonds. The zero-order valence-corrected chi connectivity index (χ0v) is 49.1. The Bertz CT molecular complexity index is 1210. The molecule has 3 atom stereocenters. The van der Waals surface area contributed by atoms with Crippen molar-refractivity contribution in [3.63, 3.8) is 0 Å². The van der Waals surface area contributed by atoms with Crippen LogP contribution in [0.25, 0.3) is 0 Å². The number of allylic oxidation sites excluding steroid dienone is 4. The van der Waals surface area contributed by atoms with Gasteiger partial charge in [-0.2, -0.15) is 0 Å². The second-order valence-corrected chi connectivity index (χ2v) is 24.2. The number of likely N-dealkylation sites (N-methyl/N-ethyl adjacent to an activating group) is 1. The molecule has 0 aliphatic carbocycles. The predicted molar refractivity (Wildman–Crippen MR) is 307 cm³/mol. The minimum Gasteiger partial charge on any atom is -0.756 e. The summed E-state index contributed by atoms with van der Waals surface area (Å²) in [7, 11) is 1.31. The first-order chi connectivity index (χ1) is 34.5. The van der Waals surface area contributed by atoms with E-state index < -0.39 is 20.0 Å². The van der Waals surface area contributed by atoms with Gasteiger partial charge in [0.15, 0.2) is 0 Å². The molecule has 71 heavy (non-hydrogen) atoms. The van der Waals surface area contributed by atoms with E-state index in [-0.39, 0.29) is 19.1 Å². The average molecular weight is 1020 g/mol. The first-order valence-corrected chi connectivity index (χ1v) is 32.6. The molecule has 0 aromatic rings. The van der Waals surface area contributed by atoms with E-state index >= 15 is 0 Å². The summed E-state index contributed by atoms with van der Waals surface area (Å²) in [6.45, 7) is 4.75. The molecule has 8 nitrogen and oxygen atoms in total. The minimum atomic E-state index is -4.58. The van der Waals surface area contributed by atoms with Crippen LogP contribution in [0.4, 0.5) is 0 Å². The number of aliphatic hydroxyl groups is 1. The molecule has 0 heterocycles. The normalized spacial score (nSPS) is 14.0. The van der Waals surface area contributed by atoms with Gasteiger partial charge in [0.05, 0.1) is 39.9 Å². The van der Waals surface area contributed by atoms with Crippen LogP contribution >= 0.6 is 7.82 Å². The van der Waals surface area contributed by atoms with Crippen LogP contribution in [0.3, 0.4) is 0 Å². The lowest BCUT2D eigenvalue weighted by molar-refractivity contribution is -0.870. The lowest BCUT2D eigenvalue weighted by Crippen LogP contribution is -2.46. The first kappa shape index (κ1) is 70.0. The van der Waals surface area contributed by atoms with Crippen molar-refractivity contribution < 1.29 is 32.9 Å². The van der Waals surface area contributed by atoms with Crippen LogP contribution in [-0.2, 0) is 18.4 Å². The third-order valence-corrected chi connectivity index (χ3v) is 15.4. The minimum absolute atomic E-state index is 0.0126. The Labute approximate surface area is 443 Å². The molecule has 9 heteroatoms. The second-order valence-electron chi connectivity index (χ2n) is 22.8. The van der Waals surface area contributed by atoms with Crippen molar-refractivity contribution in [3.05, 3.63) is 24.3 Å². The smallest absolute Gasteiger partial charge is 0.268 e. The van der Waals surface area contributed by atoms with Gasteiger partial charge in [0, 0.05) is 6.42 Å². The third kappa shape index (κ3) is 56.5. The lowest BCUT2D eigenvalue weighted by Gasteiger charge is -2.30. The van der Waals surface area contributed by atoms with E-state index in [1.54, 1.807) is 0 Å². The Hall–Kier alpha value is -1.02. The van der Waals surface area contributed by atoms with Crippen molar-refractivity contribution in [2.45, 2.75) is 328 Å². The fourth-order valence-electron chi connectivity index (χ4n) is 9.54. The number of amides is 1. The van der Waals surface area contributed by atoms with Crippen molar-refractivity contribution in [1.82, 2.24) is 5.32 Å². The van der Waals surface area contributed by atoms with Gasteiger partial charge in [-0.1, -0.05) is 289 Å². The number of phosphoric acid groups is 1. The number of hydrogen-bond donors (Lipinski definition) is 2. The molecule has 0 bridgehead atoms. The Balaban J connectivity index is 4.09. The summed E-state index contributed by atoms with van der Waals surface area (Å²) < 4.78 is 23.5. The van der Waals surface area contributed by atoms with E-state index in [1.807, 2.05) is 21.1 Å². The molecule has 0 aromatic carbocycles. The Kier molecular flexibility index (Phi) is 53.0. The van der Waals surface area contributed by atoms with Crippen LogP contribution in [0.2, 0.25) is 0 Å². The van der Waals surface area contributed by atoms with Gasteiger partial charge in [-0.05, 0) is 44.9 Å². The zero-order chi connectivity index (χ0) is 52.0. The van der Waals surface area contributed by atoms with Crippen molar-refractivity contribution in [3.8, 4) is 0 Å². The Morgan fingerprint density at radius 1 is 0.493 bits per heavy atom. The van der Waals surface area contributed by atoms with Crippen molar-refractivity contribution in [2.75, 3.05) is 40.9 Å². The molecular weight excluding hydrogens is 900 g/mol. The fraction of sp³-hybridized carbons (Fsp3) is 0.919. The van der Waals surface area contributed by atoms with Gasteiger partial charge in [0.2, 0.25) is 5.91 Å². The third-order valence-electron chi connectivity index (χ3n) is 14.4. The molecular formula is C62H123N2O6P. The molecule has 3 unspecified atom stereocenters. The molecule has 422 valence electrons. The zero-order valence-electron chi connectivity index (χ0n) is 48.2. The molecule has 0 aromatic heterocycles. The van der Waals surface area contributed by atoms with E-state index in [9.17, 15) is 19.4 Å². The van der Waals surface area contributed by atoms with Crippen molar-refractivity contribution >= 4 is 13.7 Å². The highest BCUT2D eigenvalue weighted by Gasteiger charge is 2.24. The van der Waals surface area contributed by atoms with Gasteiger partial charge >= 0.3 is 0 Å². The number of aliphatic hydroxyl groups excluding tert-OH is 1. The summed E-state index contributed by atoms with van der Waals surface area (Å²) in [5, 5.41) is 14.1. The largest absolute Gasteiger partial charge is 0.756 e. The maximum Gasteiger partial charge on any atom is 0.268 e. The molecule has 0 saturated heterocycles. The van der Waals surface area contributed by atoms with E-state index in [1.165, 1.54) is 244 Å². The Morgan fingerprint density at radius 3 is 1.17 bits per heavy atom. The number of nitrogens with zero attached hydrogens (tertiary/aromatic N) is 1. The van der Waals surface area contributed by atoms with Gasteiger partial charge in [-0.3, -0.25) is 9.36 Å². The predicted octanol–water partition coefficient (Wildman–Crippen LogP) is 18.5. The van der Waals surface area contributed by atoms with Crippen LogP contribution in [0.1, 0.15) is 316 Å². The van der Waals surface area contributed by atoms with Crippen LogP contribution in [0.5, 0.6) is 0 Å². The topological polar surface area (TPSA) is 108 Å². The van der Waals surface area contributed by atoms with Crippen LogP contribution in [-0.4, -0.2) is 68.5 Å². The standard InChI is InChI=1S/C62H123N2O6P/c1-6-8-10-12-14-16-18-20-22-24-26-28-29-30-31-32-33-34-36-37-39-41-43-45-47-49-51-53-55-61(65)60(59-70-71(67,68)69-58-57-64(3,4)5)63-62(66)56-54-52-50-48-46-44-42-40-38-35-27-25-23-21-19-17-15-13-11-9-7-2/h19,21,25,27,60-61,65H,6-18,20,22-24,26,28-59H2,1-5H3,(H-,63,66,67,68)/b21-19-,27-25-. The lowest BCUT2D eigenvalue weighted by atomic mass is 10.0. The number of rotatable bonds is 58. The number of unbranched alkanes of at least 4 members (excludes halogenated alkanes) is 41. The number of nitrogens with one attached hydrogen (secondary N) is 1. The summed E-state index contributed by atoms with van der Waals surface area (Å²) in [6, 6.07) is -0.803. The van der Waals surface area contributed by atoms with E-state index in [0.717, 1.165) is 44.9 Å². The van der Waals surface area contributed by atoms with E-state index in [0.29, 0.717) is 23.9 Å². The summed E-state index contributed by atoms with van der Waals surface area (Å²) in [4.78, 5) is 25.6. The average Bonchev–Trinajstić information content (AvgIpc) is 3.33. The summed E-state index contributed by atoms with van der Waals surface area (Å²) in [6.07, 6.45) is 67.9. The molecule has 2 N–H and O–H groups in total.